The van der Waals surface area contributed by atoms with Crippen LogP contribution in [0.15, 0.2) is 36.7 Å². The van der Waals surface area contributed by atoms with Crippen molar-refractivity contribution in [3.05, 3.63) is 59.2 Å². The van der Waals surface area contributed by atoms with Gasteiger partial charge in [0.2, 0.25) is 0 Å². The number of anilines is 1. The monoisotopic (exact) mass is 259 g/mol. The van der Waals surface area contributed by atoms with Crippen LogP contribution in [0.4, 0.5) is 10.1 Å². The molecule has 0 aliphatic heterocycles. The summed E-state index contributed by atoms with van der Waals surface area (Å²) < 4.78 is 13.1. The highest BCUT2D eigenvalue weighted by Gasteiger charge is 2.08. The number of rotatable bonds is 3. The number of carbonyl (C=O) groups is 1. The SMILES string of the molecule is Cc1ccncc1CNC(=O)c1cc(N)cc(F)c1. The third-order valence-corrected chi connectivity index (χ3v) is 2.77. The lowest BCUT2D eigenvalue weighted by molar-refractivity contribution is 0.0950. The first kappa shape index (κ1) is 13.0. The zero-order chi connectivity index (χ0) is 13.8. The van der Waals surface area contributed by atoms with Gasteiger partial charge in [-0.15, -0.1) is 0 Å². The van der Waals surface area contributed by atoms with Gasteiger partial charge in [-0.1, -0.05) is 0 Å². The van der Waals surface area contributed by atoms with Gasteiger partial charge in [0.1, 0.15) is 5.82 Å². The van der Waals surface area contributed by atoms with Crippen LogP contribution in [0.1, 0.15) is 21.5 Å². The Kier molecular flexibility index (Phi) is 3.75. The normalized spacial score (nSPS) is 10.2. The standard InChI is InChI=1S/C14H14FN3O/c1-9-2-3-17-7-11(9)8-18-14(19)10-4-12(15)6-13(16)5-10/h2-7H,8,16H2,1H3,(H,18,19). The molecule has 1 aromatic heterocycles. The van der Waals surface area contributed by atoms with E-state index >= 15 is 0 Å². The molecule has 98 valence electrons. The van der Waals surface area contributed by atoms with E-state index < -0.39 is 5.82 Å². The zero-order valence-corrected chi connectivity index (χ0v) is 10.5. The number of amides is 1. The number of nitrogens with zero attached hydrogens (tertiary/aromatic N) is 1. The Labute approximate surface area is 110 Å². The van der Waals surface area contributed by atoms with E-state index in [0.29, 0.717) is 6.54 Å². The molecule has 1 amide bonds. The molecule has 2 aromatic rings. The van der Waals surface area contributed by atoms with Gasteiger partial charge >= 0.3 is 0 Å². The van der Waals surface area contributed by atoms with Crippen LogP contribution in [0, 0.1) is 12.7 Å². The van der Waals surface area contributed by atoms with Gasteiger partial charge in [0.25, 0.3) is 5.91 Å². The zero-order valence-electron chi connectivity index (χ0n) is 10.5. The summed E-state index contributed by atoms with van der Waals surface area (Å²) in [5.74, 6) is -0.892. The molecule has 0 unspecified atom stereocenters. The molecule has 0 atom stereocenters. The van der Waals surface area contributed by atoms with Gasteiger partial charge in [0.15, 0.2) is 0 Å². The van der Waals surface area contributed by atoms with Crippen molar-refractivity contribution in [1.82, 2.24) is 10.3 Å². The van der Waals surface area contributed by atoms with Gasteiger partial charge in [-0.3, -0.25) is 9.78 Å². The number of nitrogens with two attached hydrogens (primary N) is 1. The van der Waals surface area contributed by atoms with E-state index in [4.69, 9.17) is 5.73 Å². The summed E-state index contributed by atoms with van der Waals surface area (Å²) in [5.41, 5.74) is 7.88. The summed E-state index contributed by atoms with van der Waals surface area (Å²) in [6, 6.07) is 5.63. The number of aryl methyl sites for hydroxylation is 1. The molecule has 0 aliphatic carbocycles. The fraction of sp³-hybridized carbons (Fsp3) is 0.143. The minimum Gasteiger partial charge on any atom is -0.399 e. The number of hydrogen-bond acceptors (Lipinski definition) is 3. The summed E-state index contributed by atoms with van der Waals surface area (Å²) >= 11 is 0. The van der Waals surface area contributed by atoms with Crippen LogP contribution in [0.25, 0.3) is 0 Å². The van der Waals surface area contributed by atoms with Crippen LogP contribution < -0.4 is 11.1 Å². The molecule has 0 aliphatic rings. The third kappa shape index (κ3) is 3.28. The second-order valence-corrected chi connectivity index (χ2v) is 4.26. The molecule has 5 heteroatoms. The van der Waals surface area contributed by atoms with Crippen molar-refractivity contribution in [2.24, 2.45) is 0 Å². The molecule has 0 spiro atoms. The maximum absolute atomic E-state index is 13.1. The smallest absolute Gasteiger partial charge is 0.251 e. The summed E-state index contributed by atoms with van der Waals surface area (Å²) in [5, 5.41) is 2.71. The first-order valence-electron chi connectivity index (χ1n) is 5.80. The van der Waals surface area contributed by atoms with Crippen LogP contribution in [0.5, 0.6) is 0 Å². The lowest BCUT2D eigenvalue weighted by atomic mass is 10.1. The Morgan fingerprint density at radius 1 is 1.42 bits per heavy atom. The maximum atomic E-state index is 13.1. The molecule has 3 N–H and O–H groups in total. The summed E-state index contributed by atoms with van der Waals surface area (Å²) in [7, 11) is 0. The number of aromatic nitrogens is 1. The topological polar surface area (TPSA) is 68.0 Å². The molecule has 0 radical (unpaired) electrons. The number of nitrogen functional groups attached to an aromatic ring is 1. The fourth-order valence-electron chi connectivity index (χ4n) is 1.70. The molecule has 19 heavy (non-hydrogen) atoms. The van der Waals surface area contributed by atoms with Crippen molar-refractivity contribution in [1.29, 1.82) is 0 Å². The van der Waals surface area contributed by atoms with Gasteiger partial charge < -0.3 is 11.1 Å². The largest absolute Gasteiger partial charge is 0.399 e. The summed E-state index contributed by atoms with van der Waals surface area (Å²) in [6.45, 7) is 2.28. The van der Waals surface area contributed by atoms with E-state index in [1.807, 2.05) is 13.0 Å². The van der Waals surface area contributed by atoms with Crippen molar-refractivity contribution in [2.75, 3.05) is 5.73 Å². The highest BCUT2D eigenvalue weighted by atomic mass is 19.1. The number of hydrogen-bond donors (Lipinski definition) is 2. The lowest BCUT2D eigenvalue weighted by Crippen LogP contribution is -2.23. The number of nitrogens with one attached hydrogen (secondary N) is 1. The van der Waals surface area contributed by atoms with E-state index in [-0.39, 0.29) is 17.2 Å². The first-order valence-corrected chi connectivity index (χ1v) is 5.80. The van der Waals surface area contributed by atoms with Gasteiger partial charge in [-0.25, -0.2) is 4.39 Å². The van der Waals surface area contributed by atoms with Crippen LogP contribution >= 0.6 is 0 Å². The van der Waals surface area contributed by atoms with E-state index in [1.54, 1.807) is 12.4 Å². The first-order chi connectivity index (χ1) is 9.06. The summed E-state index contributed by atoms with van der Waals surface area (Å²) in [4.78, 5) is 15.9. The predicted octanol–water partition coefficient (Wildman–Crippen LogP) is 2.04. The molecule has 4 nitrogen and oxygen atoms in total. The Bertz CT molecular complexity index is 593. The highest BCUT2D eigenvalue weighted by Crippen LogP contribution is 2.11. The highest BCUT2D eigenvalue weighted by molar-refractivity contribution is 5.95. The maximum Gasteiger partial charge on any atom is 0.251 e. The quantitative estimate of drug-likeness (QED) is 0.829. The second-order valence-electron chi connectivity index (χ2n) is 4.26. The second kappa shape index (κ2) is 5.48. The Hall–Kier alpha value is -2.43. The van der Waals surface area contributed by atoms with E-state index in [1.165, 1.54) is 12.1 Å². The van der Waals surface area contributed by atoms with Crippen molar-refractivity contribution >= 4 is 11.6 Å². The van der Waals surface area contributed by atoms with Crippen molar-refractivity contribution in [2.45, 2.75) is 13.5 Å². The fourth-order valence-corrected chi connectivity index (χ4v) is 1.70. The molecule has 1 aromatic carbocycles. The predicted molar refractivity (Wildman–Crippen MR) is 71.0 cm³/mol. The van der Waals surface area contributed by atoms with Crippen molar-refractivity contribution in [3.63, 3.8) is 0 Å². The van der Waals surface area contributed by atoms with E-state index in [9.17, 15) is 9.18 Å². The van der Waals surface area contributed by atoms with Gasteiger partial charge in [0.05, 0.1) is 0 Å². The van der Waals surface area contributed by atoms with Crippen LogP contribution in [-0.2, 0) is 6.54 Å². The van der Waals surface area contributed by atoms with Crippen LogP contribution in [0.3, 0.4) is 0 Å². The van der Waals surface area contributed by atoms with Gasteiger partial charge in [-0.05, 0) is 42.3 Å². The Balaban J connectivity index is 2.08. The minimum atomic E-state index is -0.525. The van der Waals surface area contributed by atoms with E-state index in [2.05, 4.69) is 10.3 Å². The van der Waals surface area contributed by atoms with Crippen LogP contribution in [0.2, 0.25) is 0 Å². The molecule has 0 saturated heterocycles. The molecule has 1 heterocycles. The van der Waals surface area contributed by atoms with Crippen molar-refractivity contribution < 1.29 is 9.18 Å². The minimum absolute atomic E-state index is 0.207. The average molecular weight is 259 g/mol. The molecular formula is C14H14FN3O. The van der Waals surface area contributed by atoms with Gasteiger partial charge in [0, 0.05) is 30.2 Å². The van der Waals surface area contributed by atoms with E-state index in [0.717, 1.165) is 17.2 Å². The molecule has 2 rings (SSSR count). The number of carbonyl (C=O) groups excluding carboxylic acids is 1. The van der Waals surface area contributed by atoms with Gasteiger partial charge in [-0.2, -0.15) is 0 Å². The summed E-state index contributed by atoms with van der Waals surface area (Å²) in [6.07, 6.45) is 3.38. The molecule has 0 saturated carbocycles. The Morgan fingerprint density at radius 3 is 2.89 bits per heavy atom. The average Bonchev–Trinajstić information content (AvgIpc) is 2.36. The van der Waals surface area contributed by atoms with Crippen LogP contribution in [-0.4, -0.2) is 10.9 Å². The molecule has 0 bridgehead atoms. The number of halogens is 1. The van der Waals surface area contributed by atoms with Crippen molar-refractivity contribution in [3.8, 4) is 0 Å². The Morgan fingerprint density at radius 2 is 2.21 bits per heavy atom. The third-order valence-electron chi connectivity index (χ3n) is 2.77. The lowest BCUT2D eigenvalue weighted by Gasteiger charge is -2.08. The molecular weight excluding hydrogens is 245 g/mol. The number of pyridine rings is 1. The molecule has 0 fully saturated rings. The number of benzene rings is 1.